The molecule has 0 aliphatic rings. The first kappa shape index (κ1) is 12.7. The third kappa shape index (κ3) is 4.02. The van der Waals surface area contributed by atoms with Crippen LogP contribution in [0, 0.1) is 5.41 Å². The minimum atomic E-state index is -0.113. The van der Waals surface area contributed by atoms with E-state index in [1.54, 1.807) is 12.3 Å². The summed E-state index contributed by atoms with van der Waals surface area (Å²) in [6.07, 6.45) is 3.55. The van der Waals surface area contributed by atoms with Crippen LogP contribution in [0.25, 0.3) is 0 Å². The van der Waals surface area contributed by atoms with Crippen LogP contribution in [-0.2, 0) is 0 Å². The molecule has 1 amide bonds. The van der Waals surface area contributed by atoms with Crippen LogP contribution >= 0.6 is 0 Å². The maximum atomic E-state index is 11.6. The number of H-pyrrole nitrogens is 1. The first-order valence-corrected chi connectivity index (χ1v) is 5.53. The van der Waals surface area contributed by atoms with Crippen molar-refractivity contribution in [3.8, 4) is 0 Å². The smallest absolute Gasteiger partial charge is 0.269 e. The lowest BCUT2D eigenvalue weighted by Crippen LogP contribution is -2.34. The second-order valence-corrected chi connectivity index (χ2v) is 4.71. The van der Waals surface area contributed by atoms with E-state index < -0.39 is 0 Å². The van der Waals surface area contributed by atoms with Gasteiger partial charge in [0.05, 0.1) is 0 Å². The van der Waals surface area contributed by atoms with Gasteiger partial charge in [-0.15, -0.1) is 0 Å². The van der Waals surface area contributed by atoms with Crippen molar-refractivity contribution in [3.05, 3.63) is 18.0 Å². The number of nitrogens with one attached hydrogen (secondary N) is 2. The predicted octanol–water partition coefficient (Wildman–Crippen LogP) is 0.905. The SMILES string of the molecule is CC(C)(CCCN)CNC(=O)c1ccn[nH]1. The monoisotopic (exact) mass is 224 g/mol. The standard InChI is InChI=1S/C11H20N4O/c1-11(2,5-3-6-12)8-13-10(16)9-4-7-14-15-9/h4,7H,3,5-6,8,12H2,1-2H3,(H,13,16)(H,14,15). The Balaban J connectivity index is 2.36. The highest BCUT2D eigenvalue weighted by molar-refractivity contribution is 5.92. The maximum Gasteiger partial charge on any atom is 0.269 e. The number of nitrogens with zero attached hydrogens (tertiary/aromatic N) is 1. The van der Waals surface area contributed by atoms with Crippen molar-refractivity contribution < 1.29 is 4.79 Å². The van der Waals surface area contributed by atoms with Crippen LogP contribution in [0.1, 0.15) is 37.2 Å². The number of aromatic nitrogens is 2. The van der Waals surface area contributed by atoms with Crippen LogP contribution in [0.2, 0.25) is 0 Å². The fourth-order valence-electron chi connectivity index (χ4n) is 1.47. The Hall–Kier alpha value is -1.36. The average molecular weight is 224 g/mol. The number of aromatic amines is 1. The molecule has 5 heteroatoms. The Morgan fingerprint density at radius 1 is 1.62 bits per heavy atom. The zero-order valence-corrected chi connectivity index (χ0v) is 9.92. The molecule has 16 heavy (non-hydrogen) atoms. The Morgan fingerprint density at radius 2 is 2.38 bits per heavy atom. The van der Waals surface area contributed by atoms with Gasteiger partial charge >= 0.3 is 0 Å². The van der Waals surface area contributed by atoms with Crippen molar-refractivity contribution in [2.45, 2.75) is 26.7 Å². The summed E-state index contributed by atoms with van der Waals surface area (Å²) >= 11 is 0. The fraction of sp³-hybridized carbons (Fsp3) is 0.636. The summed E-state index contributed by atoms with van der Waals surface area (Å²) in [7, 11) is 0. The van der Waals surface area contributed by atoms with E-state index in [2.05, 4.69) is 29.4 Å². The van der Waals surface area contributed by atoms with Gasteiger partial charge in [-0.05, 0) is 30.9 Å². The van der Waals surface area contributed by atoms with E-state index in [1.807, 2.05) is 0 Å². The van der Waals surface area contributed by atoms with Gasteiger partial charge in [0.2, 0.25) is 0 Å². The van der Waals surface area contributed by atoms with Gasteiger partial charge in [-0.25, -0.2) is 0 Å². The molecule has 1 heterocycles. The van der Waals surface area contributed by atoms with Crippen LogP contribution in [0.5, 0.6) is 0 Å². The molecule has 0 aliphatic carbocycles. The largest absolute Gasteiger partial charge is 0.350 e. The van der Waals surface area contributed by atoms with Gasteiger partial charge in [-0.3, -0.25) is 9.89 Å². The summed E-state index contributed by atoms with van der Waals surface area (Å²) in [5.74, 6) is -0.113. The van der Waals surface area contributed by atoms with Crippen molar-refractivity contribution in [1.82, 2.24) is 15.5 Å². The minimum Gasteiger partial charge on any atom is -0.350 e. The maximum absolute atomic E-state index is 11.6. The molecule has 0 atom stereocenters. The van der Waals surface area contributed by atoms with Gasteiger partial charge in [0, 0.05) is 12.7 Å². The molecule has 0 radical (unpaired) electrons. The second kappa shape index (κ2) is 5.65. The first-order chi connectivity index (χ1) is 7.55. The second-order valence-electron chi connectivity index (χ2n) is 4.71. The number of amides is 1. The Kier molecular flexibility index (Phi) is 4.49. The summed E-state index contributed by atoms with van der Waals surface area (Å²) in [5.41, 5.74) is 6.04. The van der Waals surface area contributed by atoms with Crippen molar-refractivity contribution >= 4 is 5.91 Å². The van der Waals surface area contributed by atoms with E-state index >= 15 is 0 Å². The molecule has 0 saturated heterocycles. The number of nitrogens with two attached hydrogens (primary N) is 1. The van der Waals surface area contributed by atoms with E-state index in [1.165, 1.54) is 0 Å². The number of carbonyl (C=O) groups is 1. The van der Waals surface area contributed by atoms with Gasteiger partial charge in [0.1, 0.15) is 5.69 Å². The van der Waals surface area contributed by atoms with Crippen molar-refractivity contribution in [2.75, 3.05) is 13.1 Å². The lowest BCUT2D eigenvalue weighted by Gasteiger charge is -2.24. The minimum absolute atomic E-state index is 0.0784. The highest BCUT2D eigenvalue weighted by atomic mass is 16.1. The summed E-state index contributed by atoms with van der Waals surface area (Å²) in [5, 5.41) is 9.25. The molecule has 1 aromatic heterocycles. The molecule has 4 N–H and O–H groups in total. The topological polar surface area (TPSA) is 83.8 Å². The molecule has 0 saturated carbocycles. The Morgan fingerprint density at radius 3 is 2.94 bits per heavy atom. The van der Waals surface area contributed by atoms with Crippen molar-refractivity contribution in [1.29, 1.82) is 0 Å². The number of carbonyl (C=O) groups excluding carboxylic acids is 1. The molecule has 0 aromatic carbocycles. The zero-order chi connectivity index (χ0) is 12.0. The number of hydrogen-bond donors (Lipinski definition) is 3. The highest BCUT2D eigenvalue weighted by Crippen LogP contribution is 2.20. The van der Waals surface area contributed by atoms with Crippen molar-refractivity contribution in [2.24, 2.45) is 11.1 Å². The molecular formula is C11H20N4O. The van der Waals surface area contributed by atoms with Gasteiger partial charge in [0.15, 0.2) is 0 Å². The Bertz CT molecular complexity index is 319. The van der Waals surface area contributed by atoms with Gasteiger partial charge in [-0.1, -0.05) is 13.8 Å². The molecule has 1 rings (SSSR count). The van der Waals surface area contributed by atoms with Crippen LogP contribution in [0.4, 0.5) is 0 Å². The highest BCUT2D eigenvalue weighted by Gasteiger charge is 2.18. The van der Waals surface area contributed by atoms with Crippen LogP contribution in [-0.4, -0.2) is 29.2 Å². The summed E-state index contributed by atoms with van der Waals surface area (Å²) in [4.78, 5) is 11.6. The normalized spacial score (nSPS) is 11.4. The molecular weight excluding hydrogens is 204 g/mol. The van der Waals surface area contributed by atoms with E-state index in [0.717, 1.165) is 12.8 Å². The summed E-state index contributed by atoms with van der Waals surface area (Å²) < 4.78 is 0. The molecule has 0 aliphatic heterocycles. The predicted molar refractivity (Wildman–Crippen MR) is 63.0 cm³/mol. The fourth-order valence-corrected chi connectivity index (χ4v) is 1.47. The lowest BCUT2D eigenvalue weighted by molar-refractivity contribution is 0.0929. The quantitative estimate of drug-likeness (QED) is 0.671. The third-order valence-corrected chi connectivity index (χ3v) is 2.53. The number of hydrogen-bond acceptors (Lipinski definition) is 3. The van der Waals surface area contributed by atoms with Gasteiger partial charge in [0.25, 0.3) is 5.91 Å². The average Bonchev–Trinajstić information content (AvgIpc) is 2.77. The van der Waals surface area contributed by atoms with Gasteiger partial charge in [-0.2, -0.15) is 5.10 Å². The molecule has 0 fully saturated rings. The first-order valence-electron chi connectivity index (χ1n) is 5.53. The van der Waals surface area contributed by atoms with E-state index in [4.69, 9.17) is 5.73 Å². The molecule has 0 spiro atoms. The number of rotatable bonds is 6. The van der Waals surface area contributed by atoms with Crippen LogP contribution in [0.15, 0.2) is 12.3 Å². The summed E-state index contributed by atoms with van der Waals surface area (Å²) in [6.45, 7) is 5.58. The van der Waals surface area contributed by atoms with E-state index in [-0.39, 0.29) is 11.3 Å². The third-order valence-electron chi connectivity index (χ3n) is 2.53. The molecule has 1 aromatic rings. The lowest BCUT2D eigenvalue weighted by atomic mass is 9.88. The van der Waals surface area contributed by atoms with Crippen molar-refractivity contribution in [3.63, 3.8) is 0 Å². The Labute approximate surface area is 95.8 Å². The van der Waals surface area contributed by atoms with E-state index in [9.17, 15) is 4.79 Å². The van der Waals surface area contributed by atoms with Crippen LogP contribution in [0.3, 0.4) is 0 Å². The molecule has 0 bridgehead atoms. The zero-order valence-electron chi connectivity index (χ0n) is 9.92. The molecule has 5 nitrogen and oxygen atoms in total. The van der Waals surface area contributed by atoms with Crippen LogP contribution < -0.4 is 11.1 Å². The molecule has 0 unspecified atom stereocenters. The molecule has 90 valence electrons. The summed E-state index contributed by atoms with van der Waals surface area (Å²) in [6, 6.07) is 1.65. The van der Waals surface area contributed by atoms with Gasteiger partial charge < -0.3 is 11.1 Å². The van der Waals surface area contributed by atoms with E-state index in [0.29, 0.717) is 18.8 Å².